The van der Waals surface area contributed by atoms with Gasteiger partial charge in [0.15, 0.2) is 0 Å². The average Bonchev–Trinajstić information content (AvgIpc) is 2.44. The van der Waals surface area contributed by atoms with Gasteiger partial charge in [-0.25, -0.2) is 0 Å². The van der Waals surface area contributed by atoms with Crippen molar-refractivity contribution in [1.82, 2.24) is 5.32 Å². The van der Waals surface area contributed by atoms with Crippen molar-refractivity contribution >= 4 is 11.8 Å². The van der Waals surface area contributed by atoms with E-state index in [4.69, 9.17) is 0 Å². The maximum atomic E-state index is 3.73. The molecular formula is C18H29NS. The molecule has 0 amide bonds. The van der Waals surface area contributed by atoms with Gasteiger partial charge in [0.25, 0.3) is 0 Å². The molecule has 1 aliphatic rings. The van der Waals surface area contributed by atoms with Crippen LogP contribution in [0.5, 0.6) is 0 Å². The van der Waals surface area contributed by atoms with Crippen molar-refractivity contribution in [2.75, 3.05) is 18.1 Å². The summed E-state index contributed by atoms with van der Waals surface area (Å²) in [6.07, 6.45) is 4.10. The Kier molecular flexibility index (Phi) is 5.98. The molecule has 1 nitrogen and oxygen atoms in total. The van der Waals surface area contributed by atoms with Crippen LogP contribution >= 0.6 is 11.8 Å². The predicted molar refractivity (Wildman–Crippen MR) is 91.7 cm³/mol. The molecule has 2 heteroatoms. The Labute approximate surface area is 128 Å². The highest BCUT2D eigenvalue weighted by Gasteiger charge is 2.21. The molecule has 1 aliphatic heterocycles. The molecule has 1 saturated heterocycles. The van der Waals surface area contributed by atoms with Gasteiger partial charge in [0.05, 0.1) is 0 Å². The van der Waals surface area contributed by atoms with E-state index in [1.165, 1.54) is 53.0 Å². The minimum Gasteiger partial charge on any atom is -0.310 e. The Bertz CT molecular complexity index is 435. The summed E-state index contributed by atoms with van der Waals surface area (Å²) in [7, 11) is 0. The first-order valence-electron chi connectivity index (χ1n) is 8.00. The van der Waals surface area contributed by atoms with Crippen molar-refractivity contribution in [2.45, 2.75) is 53.0 Å². The van der Waals surface area contributed by atoms with Crippen molar-refractivity contribution in [3.63, 3.8) is 0 Å². The third-order valence-corrected chi connectivity index (χ3v) is 5.67. The van der Waals surface area contributed by atoms with E-state index in [2.05, 4.69) is 56.9 Å². The average molecular weight is 292 g/mol. The maximum Gasteiger partial charge on any atom is 0.0325 e. The van der Waals surface area contributed by atoms with Crippen LogP contribution in [0.25, 0.3) is 0 Å². The first-order chi connectivity index (χ1) is 9.61. The second kappa shape index (κ2) is 7.51. The molecule has 2 rings (SSSR count). The van der Waals surface area contributed by atoms with Crippen molar-refractivity contribution in [3.05, 3.63) is 34.4 Å². The summed E-state index contributed by atoms with van der Waals surface area (Å²) in [5.74, 6) is 3.62. The lowest BCUT2D eigenvalue weighted by molar-refractivity contribution is 0.373. The molecular weight excluding hydrogens is 262 g/mol. The normalized spacial score (nSPS) is 18.2. The number of thioether (sulfide) groups is 1. The standard InChI is InChI=1S/C18H29NS/c1-5-19-18(12-16-6-8-20-9-7-16)17-11-14(3)13(2)10-15(17)4/h10-11,16,18-19H,5-9,12H2,1-4H3. The van der Waals surface area contributed by atoms with Gasteiger partial charge in [0, 0.05) is 6.04 Å². The van der Waals surface area contributed by atoms with E-state index in [0.29, 0.717) is 6.04 Å². The van der Waals surface area contributed by atoms with E-state index in [9.17, 15) is 0 Å². The molecule has 1 fully saturated rings. The van der Waals surface area contributed by atoms with Crippen LogP contribution in [0, 0.1) is 26.7 Å². The van der Waals surface area contributed by atoms with Crippen LogP contribution in [-0.2, 0) is 0 Å². The Morgan fingerprint density at radius 3 is 2.40 bits per heavy atom. The molecule has 0 saturated carbocycles. The summed E-state index contributed by atoms with van der Waals surface area (Å²) in [4.78, 5) is 0. The zero-order valence-electron chi connectivity index (χ0n) is 13.5. The molecule has 0 radical (unpaired) electrons. The molecule has 0 bridgehead atoms. The summed E-state index contributed by atoms with van der Waals surface area (Å²) in [6, 6.07) is 5.30. The zero-order valence-corrected chi connectivity index (χ0v) is 14.3. The van der Waals surface area contributed by atoms with Crippen molar-refractivity contribution < 1.29 is 0 Å². The van der Waals surface area contributed by atoms with Crippen LogP contribution in [0.15, 0.2) is 12.1 Å². The van der Waals surface area contributed by atoms with Gasteiger partial charge >= 0.3 is 0 Å². The van der Waals surface area contributed by atoms with Gasteiger partial charge in [0.2, 0.25) is 0 Å². The van der Waals surface area contributed by atoms with Crippen LogP contribution in [0.1, 0.15) is 54.5 Å². The van der Waals surface area contributed by atoms with E-state index >= 15 is 0 Å². The number of hydrogen-bond donors (Lipinski definition) is 1. The Hall–Kier alpha value is -0.470. The van der Waals surface area contributed by atoms with Crippen LogP contribution in [0.2, 0.25) is 0 Å². The summed E-state index contributed by atoms with van der Waals surface area (Å²) in [5.41, 5.74) is 5.81. The van der Waals surface area contributed by atoms with E-state index in [1.807, 2.05) is 0 Å². The van der Waals surface area contributed by atoms with Gasteiger partial charge in [-0.2, -0.15) is 11.8 Å². The number of rotatable bonds is 5. The molecule has 1 aromatic carbocycles. The molecule has 0 aliphatic carbocycles. The largest absolute Gasteiger partial charge is 0.310 e. The fourth-order valence-corrected chi connectivity index (χ4v) is 4.44. The number of nitrogens with one attached hydrogen (secondary N) is 1. The lowest BCUT2D eigenvalue weighted by Crippen LogP contribution is -2.25. The molecule has 112 valence electrons. The molecule has 1 unspecified atom stereocenters. The van der Waals surface area contributed by atoms with Gasteiger partial charge in [-0.15, -0.1) is 0 Å². The number of benzene rings is 1. The highest BCUT2D eigenvalue weighted by molar-refractivity contribution is 7.99. The highest BCUT2D eigenvalue weighted by atomic mass is 32.2. The summed E-state index contributed by atoms with van der Waals surface area (Å²) in [6.45, 7) is 9.99. The van der Waals surface area contributed by atoms with Crippen molar-refractivity contribution in [3.8, 4) is 0 Å². The number of aryl methyl sites for hydroxylation is 3. The molecule has 20 heavy (non-hydrogen) atoms. The highest BCUT2D eigenvalue weighted by Crippen LogP contribution is 2.32. The monoisotopic (exact) mass is 291 g/mol. The van der Waals surface area contributed by atoms with Gasteiger partial charge in [-0.1, -0.05) is 19.1 Å². The Morgan fingerprint density at radius 1 is 1.10 bits per heavy atom. The summed E-state index contributed by atoms with van der Waals surface area (Å²) in [5, 5.41) is 3.73. The summed E-state index contributed by atoms with van der Waals surface area (Å²) >= 11 is 2.12. The van der Waals surface area contributed by atoms with Crippen molar-refractivity contribution in [2.24, 2.45) is 5.92 Å². The second-order valence-corrected chi connectivity index (χ2v) is 7.42. The SMILES string of the molecule is CCNC(CC1CCSCC1)c1cc(C)c(C)cc1C. The molecule has 1 aromatic rings. The molecule has 0 spiro atoms. The fraction of sp³-hybridized carbons (Fsp3) is 0.667. The fourth-order valence-electron chi connectivity index (χ4n) is 3.24. The van der Waals surface area contributed by atoms with E-state index in [1.54, 1.807) is 0 Å². The maximum absolute atomic E-state index is 3.73. The molecule has 0 aromatic heterocycles. The van der Waals surface area contributed by atoms with Gasteiger partial charge in [-0.05, 0) is 86.3 Å². The first kappa shape index (κ1) is 15.9. The van der Waals surface area contributed by atoms with Crippen LogP contribution in [0.3, 0.4) is 0 Å². The minimum atomic E-state index is 0.535. The first-order valence-corrected chi connectivity index (χ1v) is 9.16. The van der Waals surface area contributed by atoms with Crippen molar-refractivity contribution in [1.29, 1.82) is 0 Å². The predicted octanol–water partition coefficient (Wildman–Crippen LogP) is 4.80. The molecule has 1 N–H and O–H groups in total. The van der Waals surface area contributed by atoms with Gasteiger partial charge < -0.3 is 5.32 Å². The van der Waals surface area contributed by atoms with E-state index < -0.39 is 0 Å². The quantitative estimate of drug-likeness (QED) is 0.836. The molecule has 1 heterocycles. The summed E-state index contributed by atoms with van der Waals surface area (Å²) < 4.78 is 0. The lowest BCUT2D eigenvalue weighted by Gasteiger charge is -2.28. The van der Waals surface area contributed by atoms with Gasteiger partial charge in [-0.3, -0.25) is 0 Å². The molecule has 1 atom stereocenters. The van der Waals surface area contributed by atoms with Crippen LogP contribution in [-0.4, -0.2) is 18.1 Å². The third-order valence-electron chi connectivity index (χ3n) is 4.62. The van der Waals surface area contributed by atoms with E-state index in [0.717, 1.165) is 12.5 Å². The Morgan fingerprint density at radius 2 is 1.75 bits per heavy atom. The number of hydrogen-bond acceptors (Lipinski definition) is 2. The topological polar surface area (TPSA) is 12.0 Å². The van der Waals surface area contributed by atoms with E-state index in [-0.39, 0.29) is 0 Å². The van der Waals surface area contributed by atoms with Gasteiger partial charge in [0.1, 0.15) is 0 Å². The third kappa shape index (κ3) is 4.02. The lowest BCUT2D eigenvalue weighted by atomic mass is 9.87. The second-order valence-electron chi connectivity index (χ2n) is 6.19. The minimum absolute atomic E-state index is 0.535. The van der Waals surface area contributed by atoms with Crippen LogP contribution < -0.4 is 5.32 Å². The Balaban J connectivity index is 2.16. The van der Waals surface area contributed by atoms with Crippen LogP contribution in [0.4, 0.5) is 0 Å². The zero-order chi connectivity index (χ0) is 14.5. The smallest absolute Gasteiger partial charge is 0.0325 e.